The van der Waals surface area contributed by atoms with Gasteiger partial charge < -0.3 is 9.84 Å². The van der Waals surface area contributed by atoms with Crippen molar-refractivity contribution >= 4 is 0 Å². The van der Waals surface area contributed by atoms with Crippen molar-refractivity contribution in [1.29, 1.82) is 0 Å². The molecule has 1 unspecified atom stereocenters. The van der Waals surface area contributed by atoms with Gasteiger partial charge in [-0.05, 0) is 49.8 Å². The van der Waals surface area contributed by atoms with Crippen LogP contribution in [0, 0.1) is 0 Å². The fourth-order valence-electron chi connectivity index (χ4n) is 2.40. The van der Waals surface area contributed by atoms with Gasteiger partial charge in [0.25, 0.3) is 0 Å². The Bertz CT molecular complexity index is 407. The molecule has 0 spiro atoms. The average Bonchev–Trinajstić information content (AvgIpc) is 2.87. The highest BCUT2D eigenvalue weighted by Crippen LogP contribution is 2.39. The van der Waals surface area contributed by atoms with Gasteiger partial charge in [-0.25, -0.2) is 0 Å². The lowest BCUT2D eigenvalue weighted by Crippen LogP contribution is -2.07. The van der Waals surface area contributed by atoms with Crippen LogP contribution in [0.2, 0.25) is 0 Å². The lowest BCUT2D eigenvalue weighted by atomic mass is 10.0. The van der Waals surface area contributed by atoms with Crippen LogP contribution in [-0.2, 0) is 12.8 Å². The highest BCUT2D eigenvalue weighted by molar-refractivity contribution is 5.40. The van der Waals surface area contributed by atoms with Crippen LogP contribution in [0.15, 0.2) is 18.2 Å². The first kappa shape index (κ1) is 10.2. The van der Waals surface area contributed by atoms with E-state index in [2.05, 4.69) is 25.1 Å². The third-order valence-electron chi connectivity index (χ3n) is 3.67. The maximum atomic E-state index is 9.80. The summed E-state index contributed by atoms with van der Waals surface area (Å²) in [4.78, 5) is 0. The van der Waals surface area contributed by atoms with Crippen LogP contribution in [-0.4, -0.2) is 16.8 Å². The van der Waals surface area contributed by atoms with Crippen LogP contribution in [0.5, 0.6) is 5.75 Å². The molecule has 1 N–H and O–H groups in total. The van der Waals surface area contributed by atoms with E-state index in [1.165, 1.54) is 11.1 Å². The Morgan fingerprint density at radius 1 is 1.44 bits per heavy atom. The van der Waals surface area contributed by atoms with E-state index in [4.69, 9.17) is 4.74 Å². The first-order valence-corrected chi connectivity index (χ1v) is 6.15. The SMILES string of the molecule is CC1Cc2cc(CCC3(O)CC3)ccc2O1. The second kappa shape index (κ2) is 3.49. The van der Waals surface area contributed by atoms with Gasteiger partial charge in [-0.15, -0.1) is 0 Å². The molecule has 1 aliphatic heterocycles. The molecular formula is C14H18O2. The minimum absolute atomic E-state index is 0.317. The third-order valence-corrected chi connectivity index (χ3v) is 3.67. The van der Waals surface area contributed by atoms with Crippen LogP contribution in [0.25, 0.3) is 0 Å². The number of rotatable bonds is 3. The topological polar surface area (TPSA) is 29.5 Å². The smallest absolute Gasteiger partial charge is 0.123 e. The van der Waals surface area contributed by atoms with Gasteiger partial charge in [-0.3, -0.25) is 0 Å². The van der Waals surface area contributed by atoms with Crippen LogP contribution in [0.4, 0.5) is 0 Å². The molecule has 16 heavy (non-hydrogen) atoms. The molecule has 1 fully saturated rings. The van der Waals surface area contributed by atoms with Crippen molar-refractivity contribution in [3.05, 3.63) is 29.3 Å². The third kappa shape index (κ3) is 1.94. The Balaban J connectivity index is 1.70. The standard InChI is InChI=1S/C14H18O2/c1-10-8-12-9-11(2-3-13(12)16-10)4-5-14(15)6-7-14/h2-3,9-10,15H,4-8H2,1H3. The number of hydrogen-bond donors (Lipinski definition) is 1. The molecule has 0 amide bonds. The maximum absolute atomic E-state index is 9.80. The molecular weight excluding hydrogens is 200 g/mol. The van der Waals surface area contributed by atoms with Gasteiger partial charge in [0.2, 0.25) is 0 Å². The number of aryl methyl sites for hydroxylation is 1. The van der Waals surface area contributed by atoms with Gasteiger partial charge in [0.1, 0.15) is 11.9 Å². The largest absolute Gasteiger partial charge is 0.490 e. The summed E-state index contributed by atoms with van der Waals surface area (Å²) >= 11 is 0. The molecule has 1 atom stereocenters. The summed E-state index contributed by atoms with van der Waals surface area (Å²) in [5.41, 5.74) is 2.33. The van der Waals surface area contributed by atoms with E-state index in [1.54, 1.807) is 0 Å². The normalized spacial score (nSPS) is 25.0. The number of benzene rings is 1. The Morgan fingerprint density at radius 2 is 2.25 bits per heavy atom. The van der Waals surface area contributed by atoms with Crippen LogP contribution < -0.4 is 4.74 Å². The molecule has 1 saturated carbocycles. The Kier molecular flexibility index (Phi) is 2.21. The van der Waals surface area contributed by atoms with E-state index >= 15 is 0 Å². The molecule has 86 valence electrons. The molecule has 1 aliphatic carbocycles. The summed E-state index contributed by atoms with van der Waals surface area (Å²) in [6.45, 7) is 2.10. The minimum Gasteiger partial charge on any atom is -0.490 e. The van der Waals surface area contributed by atoms with Crippen molar-refractivity contribution < 1.29 is 9.84 Å². The van der Waals surface area contributed by atoms with E-state index in [-0.39, 0.29) is 5.60 Å². The van der Waals surface area contributed by atoms with Crippen molar-refractivity contribution in [3.8, 4) is 5.75 Å². The quantitative estimate of drug-likeness (QED) is 0.844. The summed E-state index contributed by atoms with van der Waals surface area (Å²) in [6.07, 6.45) is 5.20. The number of ether oxygens (including phenoxy) is 1. The van der Waals surface area contributed by atoms with Crippen molar-refractivity contribution in [3.63, 3.8) is 0 Å². The molecule has 1 aromatic rings. The second-order valence-electron chi connectivity index (χ2n) is 5.30. The van der Waals surface area contributed by atoms with Gasteiger partial charge in [-0.1, -0.05) is 12.1 Å². The zero-order valence-corrected chi connectivity index (χ0v) is 9.70. The molecule has 2 heteroatoms. The van der Waals surface area contributed by atoms with Gasteiger partial charge in [0.05, 0.1) is 5.60 Å². The highest BCUT2D eigenvalue weighted by Gasteiger charge is 2.39. The van der Waals surface area contributed by atoms with Gasteiger partial charge in [0, 0.05) is 6.42 Å². The molecule has 0 radical (unpaired) electrons. The van der Waals surface area contributed by atoms with E-state index < -0.39 is 0 Å². The van der Waals surface area contributed by atoms with Crippen molar-refractivity contribution in [2.24, 2.45) is 0 Å². The minimum atomic E-state index is -0.331. The van der Waals surface area contributed by atoms with Crippen molar-refractivity contribution in [2.75, 3.05) is 0 Å². The van der Waals surface area contributed by atoms with E-state index in [0.29, 0.717) is 6.10 Å². The summed E-state index contributed by atoms with van der Waals surface area (Å²) < 4.78 is 5.67. The molecule has 0 aromatic heterocycles. The maximum Gasteiger partial charge on any atom is 0.123 e. The monoisotopic (exact) mass is 218 g/mol. The van der Waals surface area contributed by atoms with E-state index in [0.717, 1.165) is 37.9 Å². The predicted octanol–water partition coefficient (Wildman–Crippen LogP) is 2.47. The molecule has 0 bridgehead atoms. The van der Waals surface area contributed by atoms with Crippen LogP contribution in [0.1, 0.15) is 37.3 Å². The summed E-state index contributed by atoms with van der Waals surface area (Å²) in [5.74, 6) is 1.04. The summed E-state index contributed by atoms with van der Waals surface area (Å²) in [6, 6.07) is 6.44. The zero-order chi connectivity index (χ0) is 11.2. The summed E-state index contributed by atoms with van der Waals surface area (Å²) in [7, 11) is 0. The Hall–Kier alpha value is -1.02. The fraction of sp³-hybridized carbons (Fsp3) is 0.571. The molecule has 0 saturated heterocycles. The molecule has 3 rings (SSSR count). The average molecular weight is 218 g/mol. The fourth-order valence-corrected chi connectivity index (χ4v) is 2.40. The number of hydrogen-bond acceptors (Lipinski definition) is 2. The van der Waals surface area contributed by atoms with E-state index in [9.17, 15) is 5.11 Å². The van der Waals surface area contributed by atoms with Gasteiger partial charge >= 0.3 is 0 Å². The lowest BCUT2D eigenvalue weighted by molar-refractivity contribution is 0.140. The van der Waals surface area contributed by atoms with Gasteiger partial charge in [-0.2, -0.15) is 0 Å². The molecule has 1 heterocycles. The summed E-state index contributed by atoms with van der Waals surface area (Å²) in [5, 5.41) is 9.80. The van der Waals surface area contributed by atoms with Gasteiger partial charge in [0.15, 0.2) is 0 Å². The zero-order valence-electron chi connectivity index (χ0n) is 9.70. The van der Waals surface area contributed by atoms with E-state index in [1.807, 2.05) is 0 Å². The lowest BCUT2D eigenvalue weighted by Gasteiger charge is -2.08. The number of fused-ring (bicyclic) bond motifs is 1. The second-order valence-corrected chi connectivity index (χ2v) is 5.30. The Labute approximate surface area is 96.2 Å². The highest BCUT2D eigenvalue weighted by atomic mass is 16.5. The predicted molar refractivity (Wildman–Crippen MR) is 62.7 cm³/mol. The van der Waals surface area contributed by atoms with Crippen LogP contribution >= 0.6 is 0 Å². The molecule has 2 nitrogen and oxygen atoms in total. The van der Waals surface area contributed by atoms with Crippen molar-refractivity contribution in [1.82, 2.24) is 0 Å². The molecule has 2 aliphatic rings. The first-order chi connectivity index (χ1) is 7.65. The number of aliphatic hydroxyl groups is 1. The van der Waals surface area contributed by atoms with Crippen molar-refractivity contribution in [2.45, 2.75) is 50.7 Å². The first-order valence-electron chi connectivity index (χ1n) is 6.15. The molecule has 1 aromatic carbocycles. The Morgan fingerprint density at radius 3 is 3.00 bits per heavy atom. The van der Waals surface area contributed by atoms with Crippen LogP contribution in [0.3, 0.4) is 0 Å².